The zero-order valence-corrected chi connectivity index (χ0v) is 16.3. The van der Waals surface area contributed by atoms with Crippen LogP contribution in [0.15, 0.2) is 47.3 Å². The molecule has 2 aromatic heterocycles. The van der Waals surface area contributed by atoms with Crippen molar-refractivity contribution < 1.29 is 9.53 Å². The van der Waals surface area contributed by atoms with Crippen LogP contribution in [0.3, 0.4) is 0 Å². The normalized spacial score (nSPS) is 10.7. The predicted molar refractivity (Wildman–Crippen MR) is 105 cm³/mol. The minimum Gasteiger partial charge on any atom is -0.484 e. The summed E-state index contributed by atoms with van der Waals surface area (Å²) < 4.78 is 8.34. The zero-order valence-electron chi connectivity index (χ0n) is 15.6. The van der Waals surface area contributed by atoms with E-state index in [0.29, 0.717) is 16.6 Å². The average Bonchev–Trinajstić information content (AvgIpc) is 3.00. The van der Waals surface area contributed by atoms with Gasteiger partial charge in [-0.2, -0.15) is 5.10 Å². The van der Waals surface area contributed by atoms with E-state index in [1.54, 1.807) is 35.0 Å². The Labute approximate surface area is 166 Å². The fourth-order valence-corrected chi connectivity index (χ4v) is 2.81. The van der Waals surface area contributed by atoms with Gasteiger partial charge in [0.15, 0.2) is 12.4 Å². The van der Waals surface area contributed by atoms with Crippen molar-refractivity contribution in [2.24, 2.45) is 0 Å². The van der Waals surface area contributed by atoms with Gasteiger partial charge in [0.1, 0.15) is 5.75 Å². The van der Waals surface area contributed by atoms with Gasteiger partial charge in [-0.15, -0.1) is 5.10 Å². The highest BCUT2D eigenvalue weighted by Gasteiger charge is 2.08. The molecule has 0 atom stereocenters. The largest absolute Gasteiger partial charge is 0.484 e. The first-order valence-electron chi connectivity index (χ1n) is 8.69. The Morgan fingerprint density at radius 1 is 1.18 bits per heavy atom. The molecule has 0 fully saturated rings. The number of hydrogen-bond acceptors (Lipinski definition) is 5. The maximum atomic E-state index is 12.0. The maximum absolute atomic E-state index is 12.0. The summed E-state index contributed by atoms with van der Waals surface area (Å²) in [5.74, 6) is 0.752. The van der Waals surface area contributed by atoms with Crippen LogP contribution < -0.4 is 15.6 Å². The number of amides is 1. The Hall–Kier alpha value is -3.13. The van der Waals surface area contributed by atoms with Crippen molar-refractivity contribution in [1.82, 2.24) is 24.9 Å². The Kier molecular flexibility index (Phi) is 6.10. The minimum absolute atomic E-state index is 0.144. The monoisotopic (exact) mass is 401 g/mol. The van der Waals surface area contributed by atoms with Crippen LogP contribution in [-0.4, -0.2) is 38.6 Å². The van der Waals surface area contributed by atoms with Gasteiger partial charge in [-0.05, 0) is 44.2 Å². The van der Waals surface area contributed by atoms with Crippen molar-refractivity contribution in [2.45, 2.75) is 20.4 Å². The van der Waals surface area contributed by atoms with E-state index in [1.807, 2.05) is 19.9 Å². The highest BCUT2D eigenvalue weighted by molar-refractivity contribution is 6.30. The predicted octanol–water partition coefficient (Wildman–Crippen LogP) is 1.89. The van der Waals surface area contributed by atoms with Gasteiger partial charge in [0.25, 0.3) is 11.5 Å². The number of carbonyl (C=O) groups is 1. The lowest BCUT2D eigenvalue weighted by Gasteiger charge is -2.10. The van der Waals surface area contributed by atoms with E-state index in [-0.39, 0.29) is 31.2 Å². The van der Waals surface area contributed by atoms with Crippen LogP contribution in [0.1, 0.15) is 11.4 Å². The van der Waals surface area contributed by atoms with Crippen LogP contribution in [-0.2, 0) is 11.3 Å². The molecule has 1 N–H and O–H groups in total. The standard InChI is InChI=1S/C19H20ClN5O3/c1-13-10-14(2)25(22-13)17-6-7-19(27)24(23-17)9-8-21-18(26)12-28-16-5-3-4-15(20)11-16/h3-7,10-11H,8-9,12H2,1-2H3,(H,21,26). The molecule has 8 nitrogen and oxygen atoms in total. The molecule has 0 saturated carbocycles. The van der Waals surface area contributed by atoms with Gasteiger partial charge in [-0.3, -0.25) is 9.59 Å². The Morgan fingerprint density at radius 2 is 2.00 bits per heavy atom. The molecule has 1 amide bonds. The molecule has 0 spiro atoms. The van der Waals surface area contributed by atoms with E-state index >= 15 is 0 Å². The van der Waals surface area contributed by atoms with E-state index in [0.717, 1.165) is 11.4 Å². The van der Waals surface area contributed by atoms with Crippen molar-refractivity contribution in [3.8, 4) is 11.6 Å². The van der Waals surface area contributed by atoms with Crippen LogP contribution in [0.5, 0.6) is 5.75 Å². The number of hydrogen-bond donors (Lipinski definition) is 1. The summed E-state index contributed by atoms with van der Waals surface area (Å²) in [5, 5.41) is 11.9. The first kappa shape index (κ1) is 19.6. The molecule has 0 aliphatic carbocycles. The number of halogens is 1. The first-order valence-corrected chi connectivity index (χ1v) is 9.07. The lowest BCUT2D eigenvalue weighted by molar-refractivity contribution is -0.123. The zero-order chi connectivity index (χ0) is 20.1. The van der Waals surface area contributed by atoms with Gasteiger partial charge in [0, 0.05) is 23.3 Å². The lowest BCUT2D eigenvalue weighted by atomic mass is 10.3. The van der Waals surface area contributed by atoms with Crippen molar-refractivity contribution in [3.63, 3.8) is 0 Å². The highest BCUT2D eigenvalue weighted by atomic mass is 35.5. The lowest BCUT2D eigenvalue weighted by Crippen LogP contribution is -2.34. The number of aryl methyl sites for hydroxylation is 2. The fourth-order valence-electron chi connectivity index (χ4n) is 2.63. The molecule has 3 aromatic rings. The van der Waals surface area contributed by atoms with E-state index in [9.17, 15) is 9.59 Å². The van der Waals surface area contributed by atoms with Crippen molar-refractivity contribution in [2.75, 3.05) is 13.2 Å². The third kappa shape index (κ3) is 4.98. The molecule has 3 rings (SSSR count). The Morgan fingerprint density at radius 3 is 2.71 bits per heavy atom. The number of ether oxygens (including phenoxy) is 1. The summed E-state index contributed by atoms with van der Waals surface area (Å²) in [6.07, 6.45) is 0. The molecule has 28 heavy (non-hydrogen) atoms. The minimum atomic E-state index is -0.303. The molecular formula is C19H20ClN5O3. The molecule has 9 heteroatoms. The van der Waals surface area contributed by atoms with Gasteiger partial charge in [-0.25, -0.2) is 9.36 Å². The number of nitrogens with zero attached hydrogens (tertiary/aromatic N) is 4. The number of carbonyl (C=O) groups excluding carboxylic acids is 1. The van der Waals surface area contributed by atoms with Crippen LogP contribution >= 0.6 is 11.6 Å². The molecule has 0 saturated heterocycles. The summed E-state index contributed by atoms with van der Waals surface area (Å²) in [5.41, 5.74) is 1.53. The Balaban J connectivity index is 1.55. The van der Waals surface area contributed by atoms with Crippen LogP contribution in [0.2, 0.25) is 5.02 Å². The summed E-state index contributed by atoms with van der Waals surface area (Å²) in [6.45, 7) is 4.13. The second kappa shape index (κ2) is 8.71. The molecule has 0 radical (unpaired) electrons. The van der Waals surface area contributed by atoms with Gasteiger partial charge in [0.05, 0.1) is 12.2 Å². The molecule has 0 bridgehead atoms. The quantitative estimate of drug-likeness (QED) is 0.652. The SMILES string of the molecule is Cc1cc(C)n(-c2ccc(=O)n(CCNC(=O)COc3cccc(Cl)c3)n2)n1. The van der Waals surface area contributed by atoms with E-state index in [4.69, 9.17) is 16.3 Å². The number of rotatable bonds is 7. The van der Waals surface area contributed by atoms with Crippen LogP contribution in [0.25, 0.3) is 5.82 Å². The number of nitrogens with one attached hydrogen (secondary N) is 1. The summed E-state index contributed by atoms with van der Waals surface area (Å²) in [6, 6.07) is 11.8. The average molecular weight is 402 g/mol. The summed E-state index contributed by atoms with van der Waals surface area (Å²) in [7, 11) is 0. The topological polar surface area (TPSA) is 91.0 Å². The third-order valence-electron chi connectivity index (χ3n) is 3.89. The van der Waals surface area contributed by atoms with Gasteiger partial charge < -0.3 is 10.1 Å². The number of benzene rings is 1. The molecule has 2 heterocycles. The van der Waals surface area contributed by atoms with E-state index in [2.05, 4.69) is 15.5 Å². The molecule has 1 aromatic carbocycles. The molecule has 0 aliphatic rings. The molecular weight excluding hydrogens is 382 g/mol. The van der Waals surface area contributed by atoms with Gasteiger partial charge >= 0.3 is 0 Å². The second-order valence-electron chi connectivity index (χ2n) is 6.19. The third-order valence-corrected chi connectivity index (χ3v) is 4.13. The number of aromatic nitrogens is 4. The van der Waals surface area contributed by atoms with Crippen LogP contribution in [0, 0.1) is 13.8 Å². The molecule has 0 unspecified atom stereocenters. The van der Waals surface area contributed by atoms with Gasteiger partial charge in [0.2, 0.25) is 0 Å². The smallest absolute Gasteiger partial charge is 0.266 e. The maximum Gasteiger partial charge on any atom is 0.266 e. The van der Waals surface area contributed by atoms with Gasteiger partial charge in [-0.1, -0.05) is 17.7 Å². The van der Waals surface area contributed by atoms with E-state index < -0.39 is 0 Å². The van der Waals surface area contributed by atoms with Crippen molar-refractivity contribution in [1.29, 1.82) is 0 Å². The van der Waals surface area contributed by atoms with Crippen LogP contribution in [0.4, 0.5) is 0 Å². The molecule has 146 valence electrons. The van der Waals surface area contributed by atoms with Crippen molar-refractivity contribution >= 4 is 17.5 Å². The second-order valence-corrected chi connectivity index (χ2v) is 6.62. The summed E-state index contributed by atoms with van der Waals surface area (Å²) in [4.78, 5) is 24.0. The van der Waals surface area contributed by atoms with E-state index in [1.165, 1.54) is 10.7 Å². The fraction of sp³-hybridized carbons (Fsp3) is 0.263. The molecule has 0 aliphatic heterocycles. The Bertz CT molecular complexity index is 1040. The first-order chi connectivity index (χ1) is 13.4. The highest BCUT2D eigenvalue weighted by Crippen LogP contribution is 2.16. The van der Waals surface area contributed by atoms with Crippen molar-refractivity contribution in [3.05, 3.63) is 69.2 Å². The summed E-state index contributed by atoms with van der Waals surface area (Å²) >= 11 is 5.87.